The largest absolute Gasteiger partial charge is 0.494 e. The molecule has 3 aromatic rings. The Morgan fingerprint density at radius 3 is 2.35 bits per heavy atom. The maximum absolute atomic E-state index is 14.0. The van der Waals surface area contributed by atoms with Crippen LogP contribution in [0.15, 0.2) is 42.5 Å². The lowest BCUT2D eigenvalue weighted by Crippen LogP contribution is -2.50. The first-order chi connectivity index (χ1) is 17.5. The number of amides is 1. The first kappa shape index (κ1) is 26.2. The van der Waals surface area contributed by atoms with E-state index >= 15 is 0 Å². The molecular weight excluding hydrogens is 497 g/mol. The topological polar surface area (TPSA) is 110 Å². The molecule has 1 aliphatic rings. The fraction of sp³-hybridized carbons (Fsp3) is 0.346. The molecule has 0 radical (unpaired) electrons. The summed E-state index contributed by atoms with van der Waals surface area (Å²) >= 11 is 1.10. The number of nitrogen functional groups attached to an aromatic ring is 1. The third-order valence-corrected chi connectivity index (χ3v) is 6.67. The van der Waals surface area contributed by atoms with E-state index in [9.17, 15) is 14.0 Å². The molecule has 0 atom stereocenters. The van der Waals surface area contributed by atoms with Gasteiger partial charge in [-0.1, -0.05) is 11.3 Å². The van der Waals surface area contributed by atoms with Gasteiger partial charge in [-0.2, -0.15) is 0 Å². The number of thiazole rings is 1. The van der Waals surface area contributed by atoms with E-state index in [1.165, 1.54) is 19.2 Å². The first-order valence-electron chi connectivity index (χ1n) is 11.8. The highest BCUT2D eigenvalue weighted by Crippen LogP contribution is 2.31. The van der Waals surface area contributed by atoms with Gasteiger partial charge < -0.3 is 30.3 Å². The Morgan fingerprint density at radius 1 is 1.08 bits per heavy atom. The van der Waals surface area contributed by atoms with E-state index in [2.05, 4.69) is 15.2 Å². The van der Waals surface area contributed by atoms with Crippen LogP contribution in [0.5, 0.6) is 5.75 Å². The summed E-state index contributed by atoms with van der Waals surface area (Å²) < 4.78 is 24.4. The summed E-state index contributed by atoms with van der Waals surface area (Å²) in [5.41, 5.74) is 7.45. The number of hydrogen-bond donors (Lipinski definition) is 2. The number of nitrogens with one attached hydrogen (secondary N) is 1. The van der Waals surface area contributed by atoms with Crippen molar-refractivity contribution >= 4 is 45.5 Å². The predicted octanol–water partition coefficient (Wildman–Crippen LogP) is 4.90. The molecule has 0 bridgehead atoms. The van der Waals surface area contributed by atoms with Crippen molar-refractivity contribution in [1.82, 2.24) is 9.88 Å². The lowest BCUT2D eigenvalue weighted by Gasteiger charge is -2.36. The van der Waals surface area contributed by atoms with Gasteiger partial charge in [-0.15, -0.1) is 0 Å². The minimum Gasteiger partial charge on any atom is -0.494 e. The van der Waals surface area contributed by atoms with Crippen LogP contribution in [0.25, 0.3) is 0 Å². The zero-order chi connectivity index (χ0) is 26.7. The smallest absolute Gasteiger partial charge is 0.410 e. The van der Waals surface area contributed by atoms with Crippen molar-refractivity contribution in [2.24, 2.45) is 0 Å². The fourth-order valence-electron chi connectivity index (χ4n) is 3.84. The zero-order valence-corrected chi connectivity index (χ0v) is 22.0. The summed E-state index contributed by atoms with van der Waals surface area (Å²) in [4.78, 5) is 33.6. The van der Waals surface area contributed by atoms with E-state index in [0.29, 0.717) is 31.3 Å². The van der Waals surface area contributed by atoms with Crippen LogP contribution in [0.1, 0.15) is 36.0 Å². The Balaban J connectivity index is 1.37. The van der Waals surface area contributed by atoms with Gasteiger partial charge in [0.05, 0.1) is 7.11 Å². The summed E-state index contributed by atoms with van der Waals surface area (Å²) in [5, 5.41) is 3.62. The Morgan fingerprint density at radius 2 is 1.76 bits per heavy atom. The molecule has 196 valence electrons. The van der Waals surface area contributed by atoms with Gasteiger partial charge in [-0.3, -0.25) is 4.79 Å². The molecule has 2 aromatic carbocycles. The van der Waals surface area contributed by atoms with Crippen molar-refractivity contribution < 1.29 is 23.5 Å². The molecule has 0 unspecified atom stereocenters. The van der Waals surface area contributed by atoms with Crippen molar-refractivity contribution in [3.05, 3.63) is 58.7 Å². The molecule has 11 heteroatoms. The van der Waals surface area contributed by atoms with Gasteiger partial charge in [-0.25, -0.2) is 14.2 Å². The number of carbonyl (C=O) groups excluding carboxylic acids is 2. The number of nitrogens with zero attached hydrogens (tertiary/aromatic N) is 3. The highest BCUT2D eigenvalue weighted by Gasteiger charge is 2.26. The Labute approximate surface area is 219 Å². The van der Waals surface area contributed by atoms with E-state index in [0.717, 1.165) is 28.8 Å². The lowest BCUT2D eigenvalue weighted by molar-refractivity contribution is 0.0240. The predicted molar refractivity (Wildman–Crippen MR) is 143 cm³/mol. The van der Waals surface area contributed by atoms with E-state index < -0.39 is 17.2 Å². The van der Waals surface area contributed by atoms with Crippen LogP contribution in [0.3, 0.4) is 0 Å². The summed E-state index contributed by atoms with van der Waals surface area (Å²) in [6, 6.07) is 11.8. The van der Waals surface area contributed by atoms with Crippen LogP contribution in [0.4, 0.5) is 31.5 Å². The zero-order valence-electron chi connectivity index (χ0n) is 21.2. The Kier molecular flexibility index (Phi) is 7.53. The number of ketones is 1. The number of aromatic nitrogens is 1. The summed E-state index contributed by atoms with van der Waals surface area (Å²) in [5.74, 6) is -0.899. The molecule has 37 heavy (non-hydrogen) atoms. The summed E-state index contributed by atoms with van der Waals surface area (Å²) in [6.45, 7) is 8.15. The van der Waals surface area contributed by atoms with Crippen LogP contribution in [-0.2, 0) is 4.74 Å². The fourth-order valence-corrected chi connectivity index (χ4v) is 4.71. The number of hydrogen-bond acceptors (Lipinski definition) is 9. The van der Waals surface area contributed by atoms with Crippen molar-refractivity contribution in [2.45, 2.75) is 26.4 Å². The summed E-state index contributed by atoms with van der Waals surface area (Å²) in [7, 11) is 1.36. The van der Waals surface area contributed by atoms with E-state index in [1.54, 1.807) is 4.90 Å². The van der Waals surface area contributed by atoms with Crippen molar-refractivity contribution in [2.75, 3.05) is 49.2 Å². The second kappa shape index (κ2) is 10.6. The van der Waals surface area contributed by atoms with E-state index in [4.69, 9.17) is 15.2 Å². The van der Waals surface area contributed by atoms with Crippen molar-refractivity contribution in [1.29, 1.82) is 0 Å². The molecule has 0 aliphatic carbocycles. The van der Waals surface area contributed by atoms with Gasteiger partial charge in [0.15, 0.2) is 16.7 Å². The number of benzene rings is 2. The van der Waals surface area contributed by atoms with Gasteiger partial charge in [-0.05, 0) is 63.2 Å². The number of halogens is 1. The maximum atomic E-state index is 14.0. The van der Waals surface area contributed by atoms with Crippen LogP contribution in [-0.4, -0.2) is 60.7 Å². The second-order valence-corrected chi connectivity index (χ2v) is 10.5. The van der Waals surface area contributed by atoms with E-state index in [-0.39, 0.29) is 28.1 Å². The quantitative estimate of drug-likeness (QED) is 0.436. The highest BCUT2D eigenvalue weighted by atomic mass is 32.1. The molecule has 3 N–H and O–H groups in total. The third-order valence-electron chi connectivity index (χ3n) is 5.69. The number of anilines is 4. The van der Waals surface area contributed by atoms with Gasteiger partial charge in [0, 0.05) is 43.1 Å². The molecule has 1 saturated heterocycles. The molecule has 1 aromatic heterocycles. The Bertz CT molecular complexity index is 1280. The van der Waals surface area contributed by atoms with Gasteiger partial charge in [0.25, 0.3) is 0 Å². The molecule has 1 fully saturated rings. The molecule has 0 spiro atoms. The number of nitrogens with two attached hydrogens (primary N) is 1. The summed E-state index contributed by atoms with van der Waals surface area (Å²) in [6.07, 6.45) is -0.288. The van der Waals surface area contributed by atoms with Gasteiger partial charge in [0.1, 0.15) is 16.3 Å². The normalized spacial score (nSPS) is 13.9. The number of rotatable bonds is 6. The van der Waals surface area contributed by atoms with Crippen LogP contribution >= 0.6 is 11.3 Å². The number of methoxy groups -OCH3 is 1. The molecule has 2 heterocycles. The Hall–Kier alpha value is -3.86. The average molecular weight is 528 g/mol. The lowest BCUT2D eigenvalue weighted by atomic mass is 10.1. The van der Waals surface area contributed by atoms with Crippen LogP contribution in [0, 0.1) is 5.82 Å². The minimum absolute atomic E-state index is 0.0598. The van der Waals surface area contributed by atoms with Crippen LogP contribution in [0.2, 0.25) is 0 Å². The standard InChI is InChI=1S/C26H30FN5O4S/c1-26(2,3)36-25(34)32-13-11-31(12-14-32)18-8-6-17(7-9-18)29-24-30-23(28)22(37-24)21(33)16-5-10-20(35-4)19(27)15-16/h5-10,15H,11-14,28H2,1-4H3,(H,29,30). The minimum atomic E-state index is -0.624. The van der Waals surface area contributed by atoms with E-state index in [1.807, 2.05) is 45.0 Å². The number of ether oxygens (including phenoxy) is 2. The van der Waals surface area contributed by atoms with Gasteiger partial charge >= 0.3 is 6.09 Å². The average Bonchev–Trinajstić information content (AvgIpc) is 3.22. The van der Waals surface area contributed by atoms with Crippen molar-refractivity contribution in [3.8, 4) is 5.75 Å². The molecular formula is C26H30FN5O4S. The van der Waals surface area contributed by atoms with Gasteiger partial charge in [0.2, 0.25) is 5.78 Å². The number of carbonyl (C=O) groups is 2. The maximum Gasteiger partial charge on any atom is 0.410 e. The molecule has 0 saturated carbocycles. The SMILES string of the molecule is COc1ccc(C(=O)c2sc(Nc3ccc(N4CCN(C(=O)OC(C)(C)C)CC4)cc3)nc2N)cc1F. The molecule has 9 nitrogen and oxygen atoms in total. The monoisotopic (exact) mass is 527 g/mol. The second-order valence-electron chi connectivity index (χ2n) is 9.54. The van der Waals surface area contributed by atoms with Crippen LogP contribution < -0.4 is 20.7 Å². The first-order valence-corrected chi connectivity index (χ1v) is 12.6. The molecule has 1 aliphatic heterocycles. The molecule has 4 rings (SSSR count). The number of piperazine rings is 1. The van der Waals surface area contributed by atoms with Crippen molar-refractivity contribution in [3.63, 3.8) is 0 Å². The third kappa shape index (κ3) is 6.29. The highest BCUT2D eigenvalue weighted by molar-refractivity contribution is 7.18. The molecule has 1 amide bonds.